The second-order valence-electron chi connectivity index (χ2n) is 8.03. The van der Waals surface area contributed by atoms with Crippen molar-refractivity contribution in [2.45, 2.75) is 66.0 Å². The summed E-state index contributed by atoms with van der Waals surface area (Å²) >= 11 is 0. The topological polar surface area (TPSA) is 8.17 Å². The minimum Gasteiger partial charge on any atom is -0.343 e. The Morgan fingerprint density at radius 2 is 1.77 bits per heavy atom. The number of hydrogen-bond donors (Lipinski definition) is 0. The van der Waals surface area contributed by atoms with Gasteiger partial charge in [-0.1, -0.05) is 47.9 Å². The smallest absolute Gasteiger partial charge is 0.0486 e. The van der Waals surface area contributed by atoms with Crippen molar-refractivity contribution in [2.75, 3.05) is 13.1 Å². The summed E-state index contributed by atoms with van der Waals surface area (Å²) in [5, 5.41) is 1.42. The first-order valence-corrected chi connectivity index (χ1v) is 10.2. The molecule has 1 aliphatic rings. The van der Waals surface area contributed by atoms with Gasteiger partial charge < -0.3 is 4.57 Å². The van der Waals surface area contributed by atoms with Gasteiger partial charge >= 0.3 is 0 Å². The molecule has 0 saturated carbocycles. The molecule has 140 valence electrons. The summed E-state index contributed by atoms with van der Waals surface area (Å²) in [6, 6.07) is 8.89. The highest BCUT2D eigenvalue weighted by molar-refractivity contribution is 5.84. The molecule has 0 bridgehead atoms. The molecule has 0 radical (unpaired) electrons. The molecule has 1 saturated heterocycles. The molecule has 0 amide bonds. The van der Waals surface area contributed by atoms with Gasteiger partial charge in [0, 0.05) is 30.2 Å². The Bertz CT molecular complexity index is 769. The number of likely N-dealkylation sites (tertiary alicyclic amines) is 1. The van der Waals surface area contributed by atoms with Gasteiger partial charge in [0.25, 0.3) is 0 Å². The fourth-order valence-corrected chi connectivity index (χ4v) is 3.90. The molecule has 0 aliphatic carbocycles. The monoisotopic (exact) mass is 350 g/mol. The van der Waals surface area contributed by atoms with E-state index < -0.39 is 0 Å². The number of aromatic nitrogens is 1. The van der Waals surface area contributed by atoms with Crippen molar-refractivity contribution in [3.8, 4) is 0 Å². The van der Waals surface area contributed by atoms with Gasteiger partial charge in [-0.05, 0) is 71.2 Å². The quantitative estimate of drug-likeness (QED) is 0.530. The van der Waals surface area contributed by atoms with Crippen molar-refractivity contribution in [1.29, 1.82) is 0 Å². The molecule has 1 aromatic carbocycles. The van der Waals surface area contributed by atoms with Crippen LogP contribution < -0.4 is 0 Å². The Morgan fingerprint density at radius 3 is 2.54 bits per heavy atom. The lowest BCUT2D eigenvalue weighted by Crippen LogP contribution is -2.28. The first-order chi connectivity index (χ1) is 12.6. The lowest BCUT2D eigenvalue weighted by molar-refractivity contribution is 0.221. The Labute approximate surface area is 159 Å². The third-order valence-corrected chi connectivity index (χ3v) is 5.44. The van der Waals surface area contributed by atoms with Crippen LogP contribution in [0, 0.1) is 0 Å². The van der Waals surface area contributed by atoms with Crippen LogP contribution in [-0.2, 0) is 13.1 Å². The fraction of sp³-hybridized carbons (Fsp3) is 0.500. The highest BCUT2D eigenvalue weighted by Gasteiger charge is 2.14. The van der Waals surface area contributed by atoms with E-state index in [2.05, 4.69) is 72.9 Å². The summed E-state index contributed by atoms with van der Waals surface area (Å²) in [5.74, 6) is 0. The zero-order chi connectivity index (χ0) is 18.4. The molecule has 1 aromatic heterocycles. The molecule has 1 aliphatic heterocycles. The van der Waals surface area contributed by atoms with E-state index in [0.717, 1.165) is 25.9 Å². The number of fused-ring (bicyclic) bond motifs is 1. The van der Waals surface area contributed by atoms with Crippen molar-refractivity contribution in [1.82, 2.24) is 9.47 Å². The normalized spacial score (nSPS) is 16.2. The van der Waals surface area contributed by atoms with Gasteiger partial charge in [-0.2, -0.15) is 0 Å². The van der Waals surface area contributed by atoms with E-state index in [1.807, 2.05) is 0 Å². The third-order valence-electron chi connectivity index (χ3n) is 5.44. The average molecular weight is 351 g/mol. The highest BCUT2D eigenvalue weighted by Crippen LogP contribution is 2.24. The summed E-state index contributed by atoms with van der Waals surface area (Å²) in [4.78, 5) is 2.62. The average Bonchev–Trinajstić information content (AvgIpc) is 2.98. The molecule has 0 N–H and O–H groups in total. The summed E-state index contributed by atoms with van der Waals surface area (Å²) in [6.45, 7) is 11.2. The first kappa shape index (κ1) is 19.0. The summed E-state index contributed by atoms with van der Waals surface area (Å²) in [7, 11) is 0. The molecule has 2 heterocycles. The lowest BCUT2D eigenvalue weighted by Gasteiger charge is -2.26. The predicted octanol–water partition coefficient (Wildman–Crippen LogP) is 6.32. The molecular formula is C24H34N2. The van der Waals surface area contributed by atoms with E-state index in [4.69, 9.17) is 0 Å². The zero-order valence-electron chi connectivity index (χ0n) is 16.8. The lowest BCUT2D eigenvalue weighted by atomic mass is 10.1. The fourth-order valence-electron chi connectivity index (χ4n) is 3.90. The van der Waals surface area contributed by atoms with Crippen LogP contribution in [-0.4, -0.2) is 22.6 Å². The van der Waals surface area contributed by atoms with Crippen molar-refractivity contribution in [3.63, 3.8) is 0 Å². The second-order valence-corrected chi connectivity index (χ2v) is 8.03. The van der Waals surface area contributed by atoms with E-state index in [0.29, 0.717) is 0 Å². The number of benzene rings is 1. The third kappa shape index (κ3) is 5.11. The van der Waals surface area contributed by atoms with Crippen LogP contribution >= 0.6 is 0 Å². The van der Waals surface area contributed by atoms with Gasteiger partial charge in [-0.25, -0.2) is 0 Å². The SMILES string of the molecule is CC(C)=CCC/C(C)=C/Cn1cc(CN2CCCCC2)c2ccccc21. The molecule has 0 unspecified atom stereocenters. The van der Waals surface area contributed by atoms with Crippen LogP contribution in [0.3, 0.4) is 0 Å². The largest absolute Gasteiger partial charge is 0.343 e. The Morgan fingerprint density at radius 1 is 1.00 bits per heavy atom. The van der Waals surface area contributed by atoms with E-state index >= 15 is 0 Å². The van der Waals surface area contributed by atoms with E-state index in [1.165, 1.54) is 60.0 Å². The Hall–Kier alpha value is -1.80. The maximum Gasteiger partial charge on any atom is 0.0486 e. The Kier molecular flexibility index (Phi) is 6.73. The number of piperidine rings is 1. The standard InChI is InChI=1S/C24H34N2/c1-20(2)10-9-11-21(3)14-17-26-19-22(18-25-15-7-4-8-16-25)23-12-5-6-13-24(23)26/h5-6,10,12-14,19H,4,7-9,11,15-18H2,1-3H3/b21-14+. The van der Waals surface area contributed by atoms with E-state index in [9.17, 15) is 0 Å². The van der Waals surface area contributed by atoms with Gasteiger partial charge in [-0.15, -0.1) is 0 Å². The summed E-state index contributed by atoms with van der Waals surface area (Å²) in [6.07, 6.45) is 13.5. The number of para-hydroxylation sites is 1. The van der Waals surface area contributed by atoms with Gasteiger partial charge in [0.15, 0.2) is 0 Å². The maximum atomic E-state index is 2.62. The second kappa shape index (κ2) is 9.23. The predicted molar refractivity (Wildman–Crippen MR) is 113 cm³/mol. The molecule has 1 fully saturated rings. The van der Waals surface area contributed by atoms with Crippen LogP contribution in [0.15, 0.2) is 53.8 Å². The molecule has 2 heteroatoms. The number of rotatable bonds is 7. The van der Waals surface area contributed by atoms with Crippen LogP contribution in [0.5, 0.6) is 0 Å². The van der Waals surface area contributed by atoms with E-state index in [1.54, 1.807) is 0 Å². The molecule has 0 atom stereocenters. The molecular weight excluding hydrogens is 316 g/mol. The van der Waals surface area contributed by atoms with Gasteiger partial charge in [0.1, 0.15) is 0 Å². The van der Waals surface area contributed by atoms with Crippen LogP contribution in [0.2, 0.25) is 0 Å². The number of allylic oxidation sites excluding steroid dienone is 4. The molecule has 0 spiro atoms. The number of hydrogen-bond acceptors (Lipinski definition) is 1. The minimum atomic E-state index is 0.973. The maximum absolute atomic E-state index is 2.62. The van der Waals surface area contributed by atoms with Gasteiger partial charge in [0.05, 0.1) is 0 Å². The van der Waals surface area contributed by atoms with Gasteiger partial charge in [0.2, 0.25) is 0 Å². The minimum absolute atomic E-state index is 0.973. The van der Waals surface area contributed by atoms with Crippen molar-refractivity contribution in [2.24, 2.45) is 0 Å². The molecule has 26 heavy (non-hydrogen) atoms. The van der Waals surface area contributed by atoms with Crippen LogP contribution in [0.25, 0.3) is 10.9 Å². The van der Waals surface area contributed by atoms with Crippen molar-refractivity contribution in [3.05, 3.63) is 59.3 Å². The van der Waals surface area contributed by atoms with Crippen LogP contribution in [0.4, 0.5) is 0 Å². The molecule has 2 nitrogen and oxygen atoms in total. The zero-order valence-corrected chi connectivity index (χ0v) is 16.8. The molecule has 3 rings (SSSR count). The van der Waals surface area contributed by atoms with Gasteiger partial charge in [-0.3, -0.25) is 4.90 Å². The number of nitrogens with zero attached hydrogens (tertiary/aromatic N) is 2. The summed E-state index contributed by atoms with van der Waals surface area (Å²) < 4.78 is 2.43. The summed E-state index contributed by atoms with van der Waals surface area (Å²) in [5.41, 5.74) is 5.75. The van der Waals surface area contributed by atoms with Crippen LogP contribution in [0.1, 0.15) is 58.4 Å². The van der Waals surface area contributed by atoms with E-state index in [-0.39, 0.29) is 0 Å². The molecule has 2 aromatic rings. The van der Waals surface area contributed by atoms with Crippen molar-refractivity contribution < 1.29 is 0 Å². The van der Waals surface area contributed by atoms with Crippen molar-refractivity contribution >= 4 is 10.9 Å². The highest BCUT2D eigenvalue weighted by atomic mass is 15.1. The first-order valence-electron chi connectivity index (χ1n) is 10.2. The Balaban J connectivity index is 1.72.